The number of nitrogens with zero attached hydrogens (tertiary/aromatic N) is 2. The Morgan fingerprint density at radius 3 is 3.07 bits per heavy atom. The molecule has 3 heteroatoms. The molecule has 1 saturated heterocycles. The summed E-state index contributed by atoms with van der Waals surface area (Å²) in [7, 11) is 0. The van der Waals surface area contributed by atoms with Gasteiger partial charge in [0.2, 0.25) is 0 Å². The molecule has 1 aliphatic rings. The van der Waals surface area contributed by atoms with E-state index in [1.807, 2.05) is 12.1 Å². The molecule has 1 aliphatic heterocycles. The standard InChI is InChI=1S/C12H19ClN2/c1-2-4-11-6-8-14(9-11)10-15-7-3-5-12(15)13/h3,5,7,11H,2,4,6,8-10H2,1H3. The number of likely N-dealkylation sites (tertiary alicyclic amines) is 1. The van der Waals surface area contributed by atoms with Gasteiger partial charge in [0.15, 0.2) is 0 Å². The number of rotatable bonds is 4. The van der Waals surface area contributed by atoms with Crippen LogP contribution in [0.5, 0.6) is 0 Å². The van der Waals surface area contributed by atoms with Crippen LogP contribution in [-0.2, 0) is 6.67 Å². The Balaban J connectivity index is 1.85. The Morgan fingerprint density at radius 2 is 2.40 bits per heavy atom. The molecule has 2 rings (SSSR count). The number of hydrogen-bond acceptors (Lipinski definition) is 1. The van der Waals surface area contributed by atoms with Crippen LogP contribution in [0.3, 0.4) is 0 Å². The molecule has 2 heterocycles. The normalized spacial score (nSPS) is 22.4. The van der Waals surface area contributed by atoms with Gasteiger partial charge in [-0.2, -0.15) is 0 Å². The van der Waals surface area contributed by atoms with Crippen molar-refractivity contribution < 1.29 is 0 Å². The van der Waals surface area contributed by atoms with Crippen LogP contribution < -0.4 is 0 Å². The first-order valence-corrected chi connectivity index (χ1v) is 6.20. The largest absolute Gasteiger partial charge is 0.325 e. The van der Waals surface area contributed by atoms with Gasteiger partial charge in [-0.15, -0.1) is 0 Å². The van der Waals surface area contributed by atoms with Crippen LogP contribution in [0.25, 0.3) is 0 Å². The van der Waals surface area contributed by atoms with Gasteiger partial charge in [-0.25, -0.2) is 0 Å². The quantitative estimate of drug-likeness (QED) is 0.766. The van der Waals surface area contributed by atoms with Gasteiger partial charge in [-0.3, -0.25) is 4.90 Å². The second-order valence-electron chi connectivity index (χ2n) is 4.46. The third-order valence-corrected chi connectivity index (χ3v) is 3.54. The molecule has 0 bridgehead atoms. The summed E-state index contributed by atoms with van der Waals surface area (Å²) in [6.45, 7) is 5.68. The average molecular weight is 227 g/mol. The Kier molecular flexibility index (Phi) is 3.71. The first-order valence-electron chi connectivity index (χ1n) is 5.82. The van der Waals surface area contributed by atoms with Gasteiger partial charge in [-0.05, 0) is 30.9 Å². The maximum atomic E-state index is 6.05. The van der Waals surface area contributed by atoms with Crippen molar-refractivity contribution >= 4 is 11.6 Å². The third kappa shape index (κ3) is 2.76. The predicted molar refractivity (Wildman–Crippen MR) is 64.0 cm³/mol. The molecule has 84 valence electrons. The minimum atomic E-state index is 0.842. The van der Waals surface area contributed by atoms with E-state index in [0.717, 1.165) is 17.7 Å². The first-order chi connectivity index (χ1) is 7.29. The second-order valence-corrected chi connectivity index (χ2v) is 4.85. The van der Waals surface area contributed by atoms with Crippen LogP contribution in [0.2, 0.25) is 5.15 Å². The van der Waals surface area contributed by atoms with Gasteiger partial charge < -0.3 is 4.57 Å². The molecule has 0 aliphatic carbocycles. The lowest BCUT2D eigenvalue weighted by atomic mass is 10.0. The van der Waals surface area contributed by atoms with Crippen LogP contribution in [0, 0.1) is 5.92 Å². The van der Waals surface area contributed by atoms with Crippen molar-refractivity contribution in [2.75, 3.05) is 13.1 Å². The fraction of sp³-hybridized carbons (Fsp3) is 0.667. The molecule has 0 radical (unpaired) electrons. The lowest BCUT2D eigenvalue weighted by molar-refractivity contribution is 0.258. The molecule has 1 fully saturated rings. The molecule has 1 unspecified atom stereocenters. The Bertz CT molecular complexity index is 308. The van der Waals surface area contributed by atoms with E-state index in [1.54, 1.807) is 0 Å². The minimum absolute atomic E-state index is 0.842. The van der Waals surface area contributed by atoms with Crippen LogP contribution >= 0.6 is 11.6 Å². The summed E-state index contributed by atoms with van der Waals surface area (Å²) < 4.78 is 2.11. The number of hydrogen-bond donors (Lipinski definition) is 0. The predicted octanol–water partition coefficient (Wildman–Crippen LogP) is 3.22. The van der Waals surface area contributed by atoms with E-state index >= 15 is 0 Å². The van der Waals surface area contributed by atoms with Crippen molar-refractivity contribution in [3.63, 3.8) is 0 Å². The monoisotopic (exact) mass is 226 g/mol. The highest BCUT2D eigenvalue weighted by Gasteiger charge is 2.21. The van der Waals surface area contributed by atoms with Crippen molar-refractivity contribution in [2.24, 2.45) is 5.92 Å². The first kappa shape index (κ1) is 11.0. The molecular weight excluding hydrogens is 208 g/mol. The second kappa shape index (κ2) is 5.04. The fourth-order valence-electron chi connectivity index (χ4n) is 2.41. The highest BCUT2D eigenvalue weighted by Crippen LogP contribution is 2.22. The molecule has 0 N–H and O–H groups in total. The van der Waals surface area contributed by atoms with Crippen molar-refractivity contribution in [1.82, 2.24) is 9.47 Å². The smallest absolute Gasteiger partial charge is 0.109 e. The molecular formula is C12H19ClN2. The van der Waals surface area contributed by atoms with E-state index in [0.29, 0.717) is 0 Å². The van der Waals surface area contributed by atoms with E-state index in [9.17, 15) is 0 Å². The average Bonchev–Trinajstić information content (AvgIpc) is 2.79. The lowest BCUT2D eigenvalue weighted by Gasteiger charge is -2.17. The SMILES string of the molecule is CCCC1CCN(Cn2cccc2Cl)C1. The molecule has 0 aromatic carbocycles. The summed E-state index contributed by atoms with van der Waals surface area (Å²) in [5, 5.41) is 0.842. The van der Waals surface area contributed by atoms with Gasteiger partial charge in [0, 0.05) is 19.3 Å². The molecule has 1 aromatic heterocycles. The topological polar surface area (TPSA) is 8.17 Å². The zero-order valence-electron chi connectivity index (χ0n) is 9.32. The van der Waals surface area contributed by atoms with Crippen molar-refractivity contribution in [2.45, 2.75) is 32.9 Å². The van der Waals surface area contributed by atoms with Gasteiger partial charge in [-0.1, -0.05) is 24.9 Å². The summed E-state index contributed by atoms with van der Waals surface area (Å²) in [5.41, 5.74) is 0. The van der Waals surface area contributed by atoms with Gasteiger partial charge in [0.25, 0.3) is 0 Å². The summed E-state index contributed by atoms with van der Waals surface area (Å²) in [6, 6.07) is 3.95. The molecule has 0 spiro atoms. The maximum Gasteiger partial charge on any atom is 0.109 e. The number of aromatic nitrogens is 1. The Labute approximate surface area is 96.8 Å². The molecule has 15 heavy (non-hydrogen) atoms. The van der Waals surface area contributed by atoms with Crippen LogP contribution in [0.1, 0.15) is 26.2 Å². The fourth-order valence-corrected chi connectivity index (χ4v) is 2.59. The van der Waals surface area contributed by atoms with E-state index in [-0.39, 0.29) is 0 Å². The van der Waals surface area contributed by atoms with Crippen molar-refractivity contribution in [1.29, 1.82) is 0 Å². The summed E-state index contributed by atoms with van der Waals surface area (Å²) in [6.07, 6.45) is 6.08. The van der Waals surface area contributed by atoms with Crippen LogP contribution in [-0.4, -0.2) is 22.6 Å². The summed E-state index contributed by atoms with van der Waals surface area (Å²) in [5.74, 6) is 0.907. The van der Waals surface area contributed by atoms with Crippen molar-refractivity contribution in [3.8, 4) is 0 Å². The zero-order chi connectivity index (χ0) is 10.7. The van der Waals surface area contributed by atoms with Crippen LogP contribution in [0.4, 0.5) is 0 Å². The molecule has 2 nitrogen and oxygen atoms in total. The van der Waals surface area contributed by atoms with Gasteiger partial charge in [0.1, 0.15) is 5.15 Å². The van der Waals surface area contributed by atoms with Gasteiger partial charge in [0.05, 0.1) is 6.67 Å². The van der Waals surface area contributed by atoms with E-state index in [4.69, 9.17) is 11.6 Å². The Morgan fingerprint density at radius 1 is 1.53 bits per heavy atom. The van der Waals surface area contributed by atoms with E-state index in [1.165, 1.54) is 32.4 Å². The molecule has 0 amide bonds. The summed E-state index contributed by atoms with van der Waals surface area (Å²) >= 11 is 6.05. The maximum absolute atomic E-state index is 6.05. The lowest BCUT2D eigenvalue weighted by Crippen LogP contribution is -2.23. The van der Waals surface area contributed by atoms with Crippen LogP contribution in [0.15, 0.2) is 18.3 Å². The molecule has 1 aromatic rings. The highest BCUT2D eigenvalue weighted by molar-refractivity contribution is 6.29. The van der Waals surface area contributed by atoms with Gasteiger partial charge >= 0.3 is 0 Å². The van der Waals surface area contributed by atoms with Crippen molar-refractivity contribution in [3.05, 3.63) is 23.5 Å². The van der Waals surface area contributed by atoms with E-state index < -0.39 is 0 Å². The third-order valence-electron chi connectivity index (χ3n) is 3.19. The summed E-state index contributed by atoms with van der Waals surface area (Å²) in [4.78, 5) is 2.49. The molecule has 1 atom stereocenters. The minimum Gasteiger partial charge on any atom is -0.325 e. The zero-order valence-corrected chi connectivity index (χ0v) is 10.1. The Hall–Kier alpha value is -0.470. The molecule has 0 saturated carbocycles. The highest BCUT2D eigenvalue weighted by atomic mass is 35.5. The van der Waals surface area contributed by atoms with E-state index in [2.05, 4.69) is 22.6 Å². The number of halogens is 1.